The third kappa shape index (κ3) is 2.71. The molecule has 0 radical (unpaired) electrons. The van der Waals surface area contributed by atoms with Gasteiger partial charge in [-0.1, -0.05) is 18.2 Å². The van der Waals surface area contributed by atoms with Crippen molar-refractivity contribution in [2.45, 2.75) is 12.0 Å². The summed E-state index contributed by atoms with van der Waals surface area (Å²) in [5, 5.41) is 4.15. The van der Waals surface area contributed by atoms with Crippen molar-refractivity contribution in [2.75, 3.05) is 25.2 Å². The number of thioether (sulfide) groups is 1. The van der Waals surface area contributed by atoms with Crippen LogP contribution in [0.3, 0.4) is 0 Å². The molecule has 3 nitrogen and oxygen atoms in total. The minimum absolute atomic E-state index is 0.000440. The molecule has 0 aliphatic carbocycles. The lowest BCUT2D eigenvalue weighted by atomic mass is 10.0. The van der Waals surface area contributed by atoms with Crippen LogP contribution in [0, 0.1) is 0 Å². The second kappa shape index (κ2) is 5.76. The van der Waals surface area contributed by atoms with Crippen LogP contribution in [-0.4, -0.2) is 36.7 Å². The summed E-state index contributed by atoms with van der Waals surface area (Å²) < 4.78 is 6.76. The molecule has 1 aromatic heterocycles. The second-order valence-electron chi connectivity index (χ2n) is 5.02. The average molecular weight is 307 g/mol. The van der Waals surface area contributed by atoms with Gasteiger partial charge in [0.2, 0.25) is 0 Å². The van der Waals surface area contributed by atoms with E-state index in [-0.39, 0.29) is 11.5 Å². The zero-order valence-electron chi connectivity index (χ0n) is 11.3. The number of nitrogens with one attached hydrogen (secondary N) is 1. The number of hydrogen-bond acceptors (Lipinski definition) is 4. The minimum atomic E-state index is -0.184. The Labute approximate surface area is 126 Å². The van der Waals surface area contributed by atoms with Crippen molar-refractivity contribution in [3.8, 4) is 0 Å². The Morgan fingerprint density at radius 2 is 2.30 bits per heavy atom. The largest absolute Gasteiger partial charge is 0.376 e. The van der Waals surface area contributed by atoms with Crippen LogP contribution in [0.15, 0.2) is 30.3 Å². The van der Waals surface area contributed by atoms with Gasteiger partial charge in [0.05, 0.1) is 10.5 Å². The SMILES string of the molecule is CO[C@@]1(CNC(=O)c2cc3ccccc3s2)CCSC1. The first-order valence-corrected chi connectivity index (χ1v) is 8.59. The molecule has 2 aromatic rings. The van der Waals surface area contributed by atoms with Gasteiger partial charge in [-0.3, -0.25) is 4.79 Å². The topological polar surface area (TPSA) is 38.3 Å². The van der Waals surface area contributed by atoms with Crippen molar-refractivity contribution in [1.82, 2.24) is 5.32 Å². The Kier molecular flexibility index (Phi) is 4.01. The molecule has 1 atom stereocenters. The van der Waals surface area contributed by atoms with E-state index in [9.17, 15) is 4.79 Å². The zero-order valence-corrected chi connectivity index (χ0v) is 13.0. The molecule has 0 spiro atoms. The molecule has 1 N–H and O–H groups in total. The number of methoxy groups -OCH3 is 1. The molecular formula is C15H17NO2S2. The summed E-state index contributed by atoms with van der Waals surface area (Å²) in [5.41, 5.74) is -0.184. The summed E-state index contributed by atoms with van der Waals surface area (Å²) >= 11 is 3.42. The normalized spacial score (nSPS) is 22.2. The molecule has 1 aliphatic rings. The summed E-state index contributed by atoms with van der Waals surface area (Å²) in [6.07, 6.45) is 1.00. The first kappa shape index (κ1) is 13.9. The Bertz CT molecular complexity index is 584. The van der Waals surface area contributed by atoms with Gasteiger partial charge in [-0.25, -0.2) is 0 Å². The van der Waals surface area contributed by atoms with Gasteiger partial charge in [-0.05, 0) is 29.7 Å². The van der Waals surface area contributed by atoms with Gasteiger partial charge in [0.15, 0.2) is 0 Å². The quantitative estimate of drug-likeness (QED) is 0.943. The van der Waals surface area contributed by atoms with Crippen LogP contribution in [0.5, 0.6) is 0 Å². The lowest BCUT2D eigenvalue weighted by Gasteiger charge is -2.26. The van der Waals surface area contributed by atoms with Crippen molar-refractivity contribution in [2.24, 2.45) is 0 Å². The predicted octanol–water partition coefficient (Wildman–Crippen LogP) is 3.15. The Morgan fingerprint density at radius 1 is 1.45 bits per heavy atom. The lowest BCUT2D eigenvalue weighted by Crippen LogP contribution is -2.44. The van der Waals surface area contributed by atoms with Gasteiger partial charge in [0.25, 0.3) is 5.91 Å². The fourth-order valence-electron chi connectivity index (χ4n) is 2.38. The van der Waals surface area contributed by atoms with Crippen LogP contribution >= 0.6 is 23.1 Å². The maximum absolute atomic E-state index is 12.3. The van der Waals surface area contributed by atoms with Gasteiger partial charge in [0.1, 0.15) is 0 Å². The van der Waals surface area contributed by atoms with Gasteiger partial charge >= 0.3 is 0 Å². The van der Waals surface area contributed by atoms with E-state index in [2.05, 4.69) is 5.32 Å². The molecule has 5 heteroatoms. The molecule has 1 saturated heterocycles. The molecule has 20 heavy (non-hydrogen) atoms. The Morgan fingerprint density at radius 3 is 3.00 bits per heavy atom. The third-order valence-electron chi connectivity index (χ3n) is 3.72. The molecule has 1 fully saturated rings. The number of carbonyl (C=O) groups is 1. The molecule has 1 amide bonds. The summed E-state index contributed by atoms with van der Waals surface area (Å²) in [4.78, 5) is 13.0. The standard InChI is InChI=1S/C15H17NO2S2/c1-18-15(6-7-19-10-15)9-16-14(17)13-8-11-4-2-3-5-12(11)20-13/h2-5,8H,6-7,9-10H2,1H3,(H,16,17)/t15-/m1/s1. The minimum Gasteiger partial charge on any atom is -0.376 e. The van der Waals surface area contributed by atoms with Crippen molar-refractivity contribution >= 4 is 39.1 Å². The fraction of sp³-hybridized carbons (Fsp3) is 0.400. The molecule has 0 unspecified atom stereocenters. The molecule has 0 saturated carbocycles. The number of carbonyl (C=O) groups excluding carboxylic acids is 1. The summed E-state index contributed by atoms with van der Waals surface area (Å²) in [6.45, 7) is 0.587. The maximum atomic E-state index is 12.3. The number of ether oxygens (including phenoxy) is 1. The van der Waals surface area contributed by atoms with Gasteiger partial charge in [-0.15, -0.1) is 11.3 Å². The molecule has 2 heterocycles. The van der Waals surface area contributed by atoms with Crippen LogP contribution < -0.4 is 5.32 Å². The van der Waals surface area contributed by atoms with E-state index in [1.54, 1.807) is 7.11 Å². The van der Waals surface area contributed by atoms with Gasteiger partial charge in [0, 0.05) is 24.1 Å². The molecule has 106 valence electrons. The van der Waals surface area contributed by atoms with E-state index < -0.39 is 0 Å². The van der Waals surface area contributed by atoms with Crippen LogP contribution in [-0.2, 0) is 4.74 Å². The highest BCUT2D eigenvalue weighted by molar-refractivity contribution is 7.99. The smallest absolute Gasteiger partial charge is 0.261 e. The summed E-state index contributed by atoms with van der Waals surface area (Å²) in [7, 11) is 1.73. The van der Waals surface area contributed by atoms with Crippen LogP contribution in [0.2, 0.25) is 0 Å². The highest BCUT2D eigenvalue weighted by Crippen LogP contribution is 2.30. The third-order valence-corrected chi connectivity index (χ3v) is 6.06. The molecule has 1 aliphatic heterocycles. The van der Waals surface area contributed by atoms with Crippen LogP contribution in [0.25, 0.3) is 10.1 Å². The summed E-state index contributed by atoms with van der Waals surface area (Å²) in [6, 6.07) is 10.0. The van der Waals surface area contributed by atoms with Crippen molar-refractivity contribution in [3.05, 3.63) is 35.2 Å². The van der Waals surface area contributed by atoms with Crippen LogP contribution in [0.1, 0.15) is 16.1 Å². The first-order valence-electron chi connectivity index (χ1n) is 6.62. The van der Waals surface area contributed by atoms with Gasteiger partial charge < -0.3 is 10.1 Å². The van der Waals surface area contributed by atoms with Crippen molar-refractivity contribution in [3.63, 3.8) is 0 Å². The Balaban J connectivity index is 1.69. The molecular weight excluding hydrogens is 290 g/mol. The number of benzene rings is 1. The fourth-order valence-corrected chi connectivity index (χ4v) is 4.76. The van der Waals surface area contributed by atoms with E-state index in [1.807, 2.05) is 42.1 Å². The van der Waals surface area contributed by atoms with E-state index in [1.165, 1.54) is 11.3 Å². The number of rotatable bonds is 4. The predicted molar refractivity (Wildman–Crippen MR) is 85.8 cm³/mol. The van der Waals surface area contributed by atoms with Crippen molar-refractivity contribution < 1.29 is 9.53 Å². The molecule has 0 bridgehead atoms. The van der Waals surface area contributed by atoms with Crippen molar-refractivity contribution in [1.29, 1.82) is 0 Å². The van der Waals surface area contributed by atoms with Gasteiger partial charge in [-0.2, -0.15) is 11.8 Å². The van der Waals surface area contributed by atoms with E-state index in [0.717, 1.165) is 32.9 Å². The zero-order chi connectivity index (χ0) is 14.0. The van der Waals surface area contributed by atoms with Crippen LogP contribution in [0.4, 0.5) is 0 Å². The Hall–Kier alpha value is -1.04. The highest BCUT2D eigenvalue weighted by Gasteiger charge is 2.34. The second-order valence-corrected chi connectivity index (χ2v) is 7.21. The highest BCUT2D eigenvalue weighted by atomic mass is 32.2. The number of fused-ring (bicyclic) bond motifs is 1. The lowest BCUT2D eigenvalue weighted by molar-refractivity contribution is 0.0137. The van der Waals surface area contributed by atoms with E-state index in [0.29, 0.717) is 6.54 Å². The molecule has 3 rings (SSSR count). The number of thiophene rings is 1. The first-order chi connectivity index (χ1) is 9.72. The monoisotopic (exact) mass is 307 g/mol. The van der Waals surface area contributed by atoms with E-state index in [4.69, 9.17) is 4.74 Å². The maximum Gasteiger partial charge on any atom is 0.261 e. The molecule has 1 aromatic carbocycles. The average Bonchev–Trinajstić information content (AvgIpc) is 3.12. The number of amides is 1. The number of hydrogen-bond donors (Lipinski definition) is 1. The summed E-state index contributed by atoms with van der Waals surface area (Å²) in [5.74, 6) is 2.06. The van der Waals surface area contributed by atoms with E-state index >= 15 is 0 Å².